The van der Waals surface area contributed by atoms with Crippen LogP contribution in [-0.2, 0) is 11.4 Å². The van der Waals surface area contributed by atoms with Crippen molar-refractivity contribution in [2.45, 2.75) is 6.61 Å². The Bertz CT molecular complexity index is 1410. The average molecular weight is 469 g/mol. The molecule has 4 aromatic carbocycles. The minimum absolute atomic E-state index is 0.0447. The van der Waals surface area contributed by atoms with Crippen molar-refractivity contribution in [3.8, 4) is 17.6 Å². The fourth-order valence-corrected chi connectivity index (χ4v) is 3.65. The van der Waals surface area contributed by atoms with E-state index in [1.807, 2.05) is 24.3 Å². The van der Waals surface area contributed by atoms with Gasteiger partial charge in [-0.25, -0.2) is 0 Å². The summed E-state index contributed by atoms with van der Waals surface area (Å²) in [5.41, 5.74) is 2.16. The first-order chi connectivity index (χ1) is 16.6. The van der Waals surface area contributed by atoms with E-state index in [0.29, 0.717) is 34.4 Å². The van der Waals surface area contributed by atoms with E-state index in [9.17, 15) is 10.1 Å². The van der Waals surface area contributed by atoms with E-state index >= 15 is 0 Å². The Kier molecular flexibility index (Phi) is 7.12. The molecule has 0 saturated heterocycles. The Labute approximate surface area is 202 Å². The first-order valence-electron chi connectivity index (χ1n) is 10.5. The van der Waals surface area contributed by atoms with Crippen LogP contribution in [0.4, 0.5) is 5.69 Å². The second-order valence-corrected chi connectivity index (χ2v) is 7.92. The maximum absolute atomic E-state index is 12.5. The van der Waals surface area contributed by atoms with Crippen molar-refractivity contribution in [3.63, 3.8) is 0 Å². The van der Waals surface area contributed by atoms with E-state index < -0.39 is 5.91 Å². The lowest BCUT2D eigenvalue weighted by atomic mass is 10.1. The summed E-state index contributed by atoms with van der Waals surface area (Å²) in [6.07, 6.45) is 1.48. The van der Waals surface area contributed by atoms with Crippen molar-refractivity contribution in [3.05, 3.63) is 107 Å². The third-order valence-corrected chi connectivity index (χ3v) is 5.48. The highest BCUT2D eigenvalue weighted by Gasteiger charge is 2.11. The zero-order valence-electron chi connectivity index (χ0n) is 18.4. The fraction of sp³-hybridized carbons (Fsp3) is 0.0714. The van der Waals surface area contributed by atoms with Crippen molar-refractivity contribution in [2.24, 2.45) is 0 Å². The first kappa shape index (κ1) is 22.9. The summed E-state index contributed by atoms with van der Waals surface area (Å²) in [5.74, 6) is 0.681. The minimum Gasteiger partial charge on any atom is -0.497 e. The Morgan fingerprint density at radius 3 is 2.47 bits per heavy atom. The molecule has 168 valence electrons. The molecule has 5 nitrogen and oxygen atoms in total. The Hall–Kier alpha value is -4.27. The van der Waals surface area contributed by atoms with E-state index in [1.165, 1.54) is 11.5 Å². The van der Waals surface area contributed by atoms with Crippen molar-refractivity contribution in [1.82, 2.24) is 0 Å². The second-order valence-electron chi connectivity index (χ2n) is 7.51. The minimum atomic E-state index is -0.514. The maximum atomic E-state index is 12.5. The summed E-state index contributed by atoms with van der Waals surface area (Å²) in [5, 5.41) is 14.9. The number of anilines is 1. The number of amides is 1. The highest BCUT2D eigenvalue weighted by Crippen LogP contribution is 2.28. The quantitative estimate of drug-likeness (QED) is 0.244. The zero-order valence-corrected chi connectivity index (χ0v) is 19.2. The van der Waals surface area contributed by atoms with Crippen LogP contribution < -0.4 is 14.8 Å². The number of carbonyl (C=O) groups is 1. The van der Waals surface area contributed by atoms with E-state index in [0.717, 1.165) is 10.9 Å². The third-order valence-electron chi connectivity index (χ3n) is 5.19. The lowest BCUT2D eigenvalue weighted by Crippen LogP contribution is -2.13. The highest BCUT2D eigenvalue weighted by molar-refractivity contribution is 6.32. The molecular formula is C28H21ClN2O3. The largest absolute Gasteiger partial charge is 0.497 e. The van der Waals surface area contributed by atoms with Gasteiger partial charge in [0.1, 0.15) is 29.7 Å². The van der Waals surface area contributed by atoms with Crippen LogP contribution in [0.2, 0.25) is 5.02 Å². The molecule has 0 bridgehead atoms. The summed E-state index contributed by atoms with van der Waals surface area (Å²) in [6, 6.07) is 28.2. The number of benzene rings is 4. The Morgan fingerprint density at radius 2 is 1.76 bits per heavy atom. The van der Waals surface area contributed by atoms with Crippen LogP contribution in [0.25, 0.3) is 16.8 Å². The standard InChI is InChI=1S/C28H21ClN2O3/c1-33-25-11-9-24(10-12-25)31-28(32)23(17-30)14-19-7-13-27(26(29)16-19)34-18-20-6-8-21-4-2-3-5-22(21)15-20/h2-16H,18H2,1H3,(H,31,32)/b23-14+. The molecule has 0 heterocycles. The van der Waals surface area contributed by atoms with Gasteiger partial charge in [0.25, 0.3) is 5.91 Å². The predicted molar refractivity (Wildman–Crippen MR) is 135 cm³/mol. The van der Waals surface area contributed by atoms with Crippen LogP contribution in [-0.4, -0.2) is 13.0 Å². The number of hydrogen-bond acceptors (Lipinski definition) is 4. The van der Waals surface area contributed by atoms with Crippen molar-refractivity contribution < 1.29 is 14.3 Å². The predicted octanol–water partition coefficient (Wildman–Crippen LogP) is 6.63. The van der Waals surface area contributed by atoms with Gasteiger partial charge in [0.15, 0.2) is 0 Å². The number of nitrogens with zero attached hydrogens (tertiary/aromatic N) is 1. The van der Waals surface area contributed by atoms with Crippen LogP contribution >= 0.6 is 11.6 Å². The van der Waals surface area contributed by atoms with Crippen LogP contribution in [0.1, 0.15) is 11.1 Å². The number of fused-ring (bicyclic) bond motifs is 1. The molecule has 0 radical (unpaired) electrons. The molecule has 0 atom stereocenters. The van der Waals surface area contributed by atoms with Crippen LogP contribution in [0.3, 0.4) is 0 Å². The molecule has 4 rings (SSSR count). The number of nitriles is 1. The van der Waals surface area contributed by atoms with E-state index in [2.05, 4.69) is 29.6 Å². The van der Waals surface area contributed by atoms with Crippen molar-refractivity contribution in [1.29, 1.82) is 5.26 Å². The summed E-state index contributed by atoms with van der Waals surface area (Å²) in [4.78, 5) is 12.5. The van der Waals surface area contributed by atoms with E-state index in [4.69, 9.17) is 21.1 Å². The molecule has 0 aliphatic rings. The number of hydrogen-bond donors (Lipinski definition) is 1. The van der Waals surface area contributed by atoms with Crippen LogP contribution in [0.5, 0.6) is 11.5 Å². The first-order valence-corrected chi connectivity index (χ1v) is 10.9. The molecular weight excluding hydrogens is 448 g/mol. The van der Waals surface area contributed by atoms with Gasteiger partial charge < -0.3 is 14.8 Å². The van der Waals surface area contributed by atoms with Gasteiger partial charge in [-0.1, -0.05) is 54.1 Å². The summed E-state index contributed by atoms with van der Waals surface area (Å²) in [7, 11) is 1.56. The summed E-state index contributed by atoms with van der Waals surface area (Å²) >= 11 is 6.41. The number of carbonyl (C=O) groups excluding carboxylic acids is 1. The van der Waals surface area contributed by atoms with Crippen molar-refractivity contribution >= 4 is 40.0 Å². The van der Waals surface area contributed by atoms with Crippen LogP contribution in [0.15, 0.2) is 90.5 Å². The van der Waals surface area contributed by atoms with Crippen LogP contribution in [0, 0.1) is 11.3 Å². The van der Waals surface area contributed by atoms with Gasteiger partial charge in [-0.3, -0.25) is 4.79 Å². The number of ether oxygens (including phenoxy) is 2. The van der Waals surface area contributed by atoms with Gasteiger partial charge in [0.2, 0.25) is 0 Å². The van der Waals surface area contributed by atoms with Gasteiger partial charge in [0.05, 0.1) is 12.1 Å². The fourth-order valence-electron chi connectivity index (χ4n) is 3.40. The smallest absolute Gasteiger partial charge is 0.266 e. The maximum Gasteiger partial charge on any atom is 0.266 e. The van der Waals surface area contributed by atoms with Gasteiger partial charge in [0, 0.05) is 5.69 Å². The lowest BCUT2D eigenvalue weighted by Gasteiger charge is -2.10. The topological polar surface area (TPSA) is 71.3 Å². The molecule has 6 heteroatoms. The van der Waals surface area contributed by atoms with Gasteiger partial charge in [-0.05, 0) is 70.4 Å². The molecule has 4 aromatic rings. The molecule has 0 unspecified atom stereocenters. The molecule has 0 aliphatic carbocycles. The van der Waals surface area contributed by atoms with Crippen molar-refractivity contribution in [2.75, 3.05) is 12.4 Å². The highest BCUT2D eigenvalue weighted by atomic mass is 35.5. The van der Waals surface area contributed by atoms with E-state index in [-0.39, 0.29) is 5.57 Å². The molecule has 1 N–H and O–H groups in total. The second kappa shape index (κ2) is 10.6. The Morgan fingerprint density at radius 1 is 1.00 bits per heavy atom. The molecule has 1 amide bonds. The number of halogens is 1. The van der Waals surface area contributed by atoms with Gasteiger partial charge in [-0.2, -0.15) is 5.26 Å². The van der Waals surface area contributed by atoms with Gasteiger partial charge in [-0.15, -0.1) is 0 Å². The number of rotatable bonds is 7. The summed E-state index contributed by atoms with van der Waals surface area (Å²) < 4.78 is 11.0. The monoisotopic (exact) mass is 468 g/mol. The molecule has 0 aromatic heterocycles. The normalized spacial score (nSPS) is 11.0. The lowest BCUT2D eigenvalue weighted by molar-refractivity contribution is -0.112. The SMILES string of the molecule is COc1ccc(NC(=O)/C(C#N)=C/c2ccc(OCc3ccc4ccccc4c3)c(Cl)c2)cc1. The molecule has 0 aliphatic heterocycles. The molecule has 0 spiro atoms. The van der Waals surface area contributed by atoms with E-state index in [1.54, 1.807) is 49.6 Å². The zero-order chi connectivity index (χ0) is 23.9. The molecule has 0 fully saturated rings. The van der Waals surface area contributed by atoms with Gasteiger partial charge >= 0.3 is 0 Å². The number of nitrogens with one attached hydrogen (secondary N) is 1. The average Bonchev–Trinajstić information content (AvgIpc) is 2.87. The third kappa shape index (κ3) is 5.55. The molecule has 0 saturated carbocycles. The Balaban J connectivity index is 1.43. The molecule has 34 heavy (non-hydrogen) atoms. The number of methoxy groups -OCH3 is 1. The summed E-state index contributed by atoms with van der Waals surface area (Å²) in [6.45, 7) is 0.369.